The maximum atomic E-state index is 6.32. The highest BCUT2D eigenvalue weighted by molar-refractivity contribution is 6.65. The minimum atomic E-state index is -2.64. The highest BCUT2D eigenvalue weighted by Gasteiger charge is 2.49. The summed E-state index contributed by atoms with van der Waals surface area (Å²) in [6.07, 6.45) is 5.58. The molecule has 0 aliphatic carbocycles. The summed E-state index contributed by atoms with van der Waals surface area (Å²) in [7, 11) is -7.13. The molecule has 0 aromatic carbocycles. The fourth-order valence-corrected chi connectivity index (χ4v) is 16.4. The Morgan fingerprint density at radius 3 is 1.29 bits per heavy atom. The Hall–Kier alpha value is 0.251. The van der Waals surface area contributed by atoms with Crippen LogP contribution in [0, 0.1) is 0 Å². The third-order valence-corrected chi connectivity index (χ3v) is 19.0. The molecule has 0 atom stereocenters. The summed E-state index contributed by atoms with van der Waals surface area (Å²) in [4.78, 5) is 2.64. The van der Waals surface area contributed by atoms with Crippen molar-refractivity contribution < 1.29 is 31.0 Å². The monoisotopic (exact) mass is 651 g/mol. The van der Waals surface area contributed by atoms with Gasteiger partial charge in [-0.05, 0) is 126 Å². The summed E-state index contributed by atoms with van der Waals surface area (Å²) < 4.78 is 48.8. The SMILES string of the molecule is CCO[Si](CCCN(CCCN1CCC[Si]1(OCC)OCC)CCCN1CCC[Si]1(OCC)OCC)(OCC)OCC. The van der Waals surface area contributed by atoms with Gasteiger partial charge in [-0.25, -0.2) is 0 Å². The van der Waals surface area contributed by atoms with Crippen molar-refractivity contribution in [3.8, 4) is 0 Å². The van der Waals surface area contributed by atoms with Crippen molar-refractivity contribution in [1.29, 1.82) is 0 Å². The highest BCUT2D eigenvalue weighted by atomic mass is 28.4. The molecule has 0 amide bonds. The molecule has 0 aromatic heterocycles. The van der Waals surface area contributed by atoms with Crippen LogP contribution in [0.15, 0.2) is 0 Å². The number of hydrogen-bond donors (Lipinski definition) is 0. The van der Waals surface area contributed by atoms with Gasteiger partial charge in [0.1, 0.15) is 0 Å². The van der Waals surface area contributed by atoms with E-state index in [-0.39, 0.29) is 0 Å². The van der Waals surface area contributed by atoms with Crippen LogP contribution in [0.4, 0.5) is 0 Å². The molecule has 2 rings (SSSR count). The first-order chi connectivity index (χ1) is 20.4. The van der Waals surface area contributed by atoms with Crippen LogP contribution in [0.2, 0.25) is 18.1 Å². The Bertz CT molecular complexity index is 632. The molecular formula is C29H65N3O7Si3. The molecule has 13 heteroatoms. The molecule has 0 N–H and O–H groups in total. The van der Waals surface area contributed by atoms with Crippen LogP contribution in [0.1, 0.15) is 80.6 Å². The number of rotatable bonds is 26. The van der Waals surface area contributed by atoms with Crippen molar-refractivity contribution in [2.45, 2.75) is 98.7 Å². The molecule has 2 fully saturated rings. The van der Waals surface area contributed by atoms with Crippen molar-refractivity contribution >= 4 is 26.2 Å². The second-order valence-electron chi connectivity index (χ2n) is 11.0. The first-order valence-corrected chi connectivity index (χ1v) is 23.0. The molecule has 0 unspecified atom stereocenters. The predicted molar refractivity (Wildman–Crippen MR) is 176 cm³/mol. The molecule has 0 bridgehead atoms. The Kier molecular flexibility index (Phi) is 19.3. The van der Waals surface area contributed by atoms with Gasteiger partial charge in [-0.2, -0.15) is 0 Å². The van der Waals surface area contributed by atoms with Crippen LogP contribution < -0.4 is 0 Å². The van der Waals surface area contributed by atoms with E-state index >= 15 is 0 Å². The van der Waals surface area contributed by atoms with E-state index in [1.807, 2.05) is 20.8 Å². The maximum absolute atomic E-state index is 6.32. The van der Waals surface area contributed by atoms with Gasteiger partial charge >= 0.3 is 26.2 Å². The lowest BCUT2D eigenvalue weighted by atomic mass is 10.3. The van der Waals surface area contributed by atoms with Gasteiger partial charge < -0.3 is 35.9 Å². The van der Waals surface area contributed by atoms with Crippen LogP contribution in [0.5, 0.6) is 0 Å². The van der Waals surface area contributed by atoms with E-state index in [0.29, 0.717) is 19.8 Å². The summed E-state index contributed by atoms with van der Waals surface area (Å²) in [6, 6.07) is 3.02. The molecule has 42 heavy (non-hydrogen) atoms. The Labute approximate surface area is 261 Å². The van der Waals surface area contributed by atoms with Gasteiger partial charge in [-0.1, -0.05) is 0 Å². The molecule has 2 saturated heterocycles. The normalized spacial score (nSPS) is 19.4. The smallest absolute Gasteiger partial charge is 0.383 e. The Morgan fingerprint density at radius 1 is 0.548 bits per heavy atom. The topological polar surface area (TPSA) is 74.3 Å². The maximum Gasteiger partial charge on any atom is 0.500 e. The van der Waals surface area contributed by atoms with Gasteiger partial charge in [-0.15, -0.1) is 0 Å². The van der Waals surface area contributed by atoms with Crippen LogP contribution in [0.3, 0.4) is 0 Å². The third kappa shape index (κ3) is 11.6. The standard InChI is InChI=1S/C29H65N3O7Si3/c1-8-33-40(34-9-2)27-18-25-31(40)23-15-20-30(22-17-29-42(37-12-5,38-13-6)39-14-7)21-16-24-32-26-19-28-41(32,35-10-3)36-11-4/h8-29H2,1-7H3. The lowest BCUT2D eigenvalue weighted by molar-refractivity contribution is 0.0697. The van der Waals surface area contributed by atoms with E-state index < -0.39 is 26.2 Å². The molecular weight excluding hydrogens is 587 g/mol. The van der Waals surface area contributed by atoms with E-state index in [0.717, 1.165) is 110 Å². The molecule has 2 aliphatic heterocycles. The summed E-state index contributed by atoms with van der Waals surface area (Å²) in [5, 5.41) is 0. The minimum Gasteiger partial charge on any atom is -0.383 e. The van der Waals surface area contributed by atoms with Gasteiger partial charge in [0.25, 0.3) is 0 Å². The highest BCUT2D eigenvalue weighted by Crippen LogP contribution is 2.30. The number of nitrogens with zero attached hydrogens (tertiary/aromatic N) is 3. The molecule has 2 heterocycles. The van der Waals surface area contributed by atoms with Gasteiger partial charge in [0.2, 0.25) is 0 Å². The van der Waals surface area contributed by atoms with Crippen molar-refractivity contribution in [1.82, 2.24) is 14.0 Å². The van der Waals surface area contributed by atoms with Crippen molar-refractivity contribution in [3.05, 3.63) is 0 Å². The molecule has 0 saturated carbocycles. The molecule has 10 nitrogen and oxygen atoms in total. The molecule has 0 radical (unpaired) electrons. The zero-order chi connectivity index (χ0) is 30.7. The van der Waals surface area contributed by atoms with E-state index in [4.69, 9.17) is 31.0 Å². The van der Waals surface area contributed by atoms with Gasteiger partial charge in [0.15, 0.2) is 0 Å². The lowest BCUT2D eigenvalue weighted by Gasteiger charge is -2.35. The summed E-state index contributed by atoms with van der Waals surface area (Å²) in [5.41, 5.74) is 0. The second kappa shape index (κ2) is 21.1. The second-order valence-corrected chi connectivity index (χ2v) is 20.0. The average molecular weight is 652 g/mol. The number of hydrogen-bond acceptors (Lipinski definition) is 10. The first kappa shape index (κ1) is 38.4. The zero-order valence-corrected chi connectivity index (χ0v) is 31.3. The third-order valence-electron chi connectivity index (χ3n) is 8.14. The summed E-state index contributed by atoms with van der Waals surface area (Å²) in [5.74, 6) is 0. The zero-order valence-electron chi connectivity index (χ0n) is 28.3. The fourth-order valence-electron chi connectivity index (χ4n) is 6.67. The molecule has 0 spiro atoms. The fraction of sp³-hybridized carbons (Fsp3) is 1.00. The van der Waals surface area contributed by atoms with E-state index in [1.165, 1.54) is 12.8 Å². The molecule has 0 aromatic rings. The quantitative estimate of drug-likeness (QED) is 0.120. The van der Waals surface area contributed by atoms with Gasteiger partial charge in [0.05, 0.1) is 0 Å². The average Bonchev–Trinajstić information content (AvgIpc) is 3.53. The van der Waals surface area contributed by atoms with E-state index in [2.05, 4.69) is 41.7 Å². The van der Waals surface area contributed by atoms with Gasteiger partial charge in [-0.3, -0.25) is 9.13 Å². The van der Waals surface area contributed by atoms with Crippen molar-refractivity contribution in [3.63, 3.8) is 0 Å². The van der Waals surface area contributed by atoms with Crippen molar-refractivity contribution in [2.75, 3.05) is 92.1 Å². The van der Waals surface area contributed by atoms with Crippen LogP contribution in [0.25, 0.3) is 0 Å². The minimum absolute atomic E-state index is 0.623. The van der Waals surface area contributed by atoms with Crippen LogP contribution in [-0.2, 0) is 31.0 Å². The summed E-state index contributed by atoms with van der Waals surface area (Å²) >= 11 is 0. The largest absolute Gasteiger partial charge is 0.500 e. The molecule has 2 aliphatic rings. The lowest BCUT2D eigenvalue weighted by Crippen LogP contribution is -2.55. The Morgan fingerprint density at radius 2 is 0.929 bits per heavy atom. The summed E-state index contributed by atoms with van der Waals surface area (Å²) in [6.45, 7) is 26.6. The van der Waals surface area contributed by atoms with Crippen LogP contribution >= 0.6 is 0 Å². The Balaban J connectivity index is 2.02. The van der Waals surface area contributed by atoms with E-state index in [1.54, 1.807) is 0 Å². The van der Waals surface area contributed by atoms with E-state index in [9.17, 15) is 0 Å². The molecule has 250 valence electrons. The predicted octanol–water partition coefficient (Wildman–Crippen LogP) is 4.94. The van der Waals surface area contributed by atoms with Crippen molar-refractivity contribution in [2.24, 2.45) is 0 Å². The first-order valence-electron chi connectivity index (χ1n) is 17.1. The van der Waals surface area contributed by atoms with Gasteiger partial charge in [0, 0.05) is 64.4 Å². The van der Waals surface area contributed by atoms with Crippen LogP contribution in [-0.4, -0.2) is 132 Å².